The molecule has 1 saturated heterocycles. The highest BCUT2D eigenvalue weighted by Gasteiger charge is 2.45. The van der Waals surface area contributed by atoms with Gasteiger partial charge < -0.3 is 9.64 Å². The van der Waals surface area contributed by atoms with E-state index in [1.807, 2.05) is 13.0 Å². The van der Waals surface area contributed by atoms with Gasteiger partial charge in [-0.1, -0.05) is 29.8 Å². The Bertz CT molecular complexity index is 1210. The molecular weight excluding hydrogens is 440 g/mol. The lowest BCUT2D eigenvalue weighted by Crippen LogP contribution is -2.38. The maximum atomic E-state index is 13.2. The molecule has 0 N–H and O–H groups in total. The Morgan fingerprint density at radius 2 is 1.94 bits per heavy atom. The second kappa shape index (κ2) is 8.32. The molecule has 0 spiro atoms. The van der Waals surface area contributed by atoms with Crippen molar-refractivity contribution >= 4 is 33.2 Å². The number of esters is 1. The number of aromatic nitrogens is 3. The topological polar surface area (TPSA) is 94.4 Å². The number of carbonyl (C=O) groups is 1. The van der Waals surface area contributed by atoms with Gasteiger partial charge in [-0.2, -0.15) is 5.10 Å². The monoisotopic (exact) mass is 460 g/mol. The van der Waals surface area contributed by atoms with Crippen LogP contribution in [0.1, 0.15) is 12.1 Å². The molecule has 0 amide bonds. The lowest BCUT2D eigenvalue weighted by molar-refractivity contribution is -0.141. The number of hydrogen-bond acceptors (Lipinski definition) is 7. The predicted octanol–water partition coefficient (Wildman–Crippen LogP) is 2.82. The molecule has 0 bridgehead atoms. The second-order valence-corrected chi connectivity index (χ2v) is 9.91. The third-order valence-corrected chi connectivity index (χ3v) is 7.66. The largest absolute Gasteiger partial charge is 0.467 e. The summed E-state index contributed by atoms with van der Waals surface area (Å²) in [5.74, 6) is 0.0878. The molecule has 2 atom stereocenters. The summed E-state index contributed by atoms with van der Waals surface area (Å²) in [4.78, 5) is 18.6. The molecule has 162 valence electrons. The number of sulfone groups is 1. The van der Waals surface area contributed by atoms with Crippen molar-refractivity contribution in [1.29, 1.82) is 0 Å². The molecule has 1 aromatic carbocycles. The molecule has 31 heavy (non-hydrogen) atoms. The highest BCUT2D eigenvalue weighted by molar-refractivity contribution is 7.92. The van der Waals surface area contributed by atoms with E-state index in [0.29, 0.717) is 22.4 Å². The summed E-state index contributed by atoms with van der Waals surface area (Å²) < 4.78 is 33.1. The number of hydrogen-bond donors (Lipinski definition) is 0. The van der Waals surface area contributed by atoms with Crippen LogP contribution >= 0.6 is 11.6 Å². The molecular formula is C21H21ClN4O4S. The Balaban J connectivity index is 1.76. The summed E-state index contributed by atoms with van der Waals surface area (Å²) in [5.41, 5.74) is 1.36. The predicted molar refractivity (Wildman–Crippen MR) is 116 cm³/mol. The van der Waals surface area contributed by atoms with Crippen molar-refractivity contribution in [3.63, 3.8) is 0 Å². The molecule has 1 aliphatic rings. The zero-order valence-electron chi connectivity index (χ0n) is 17.0. The van der Waals surface area contributed by atoms with Crippen molar-refractivity contribution in [3.8, 4) is 5.69 Å². The van der Waals surface area contributed by atoms with Gasteiger partial charge in [-0.25, -0.2) is 22.9 Å². The first-order valence-electron chi connectivity index (χ1n) is 9.63. The average Bonchev–Trinajstić information content (AvgIpc) is 3.38. The number of benzene rings is 1. The molecule has 1 fully saturated rings. The molecule has 0 unspecified atom stereocenters. The van der Waals surface area contributed by atoms with Gasteiger partial charge in [-0.05, 0) is 31.5 Å². The standard InChI is InChI=1S/C21H21ClN4O4S/c1-14-10-20(26(24-14)15-8-9-23-19(22)11-15)25-13-17(12-18(25)21(27)30-2)31(28,29)16-6-4-3-5-7-16/h3-11,17-18H,12-13H2,1-2H3/t17-,18+/m1/s1. The van der Waals surface area contributed by atoms with Crippen molar-refractivity contribution in [2.24, 2.45) is 0 Å². The fraction of sp³-hybridized carbons (Fsp3) is 0.286. The third-order valence-electron chi connectivity index (χ3n) is 5.31. The highest BCUT2D eigenvalue weighted by Crippen LogP contribution is 2.34. The Morgan fingerprint density at radius 3 is 2.61 bits per heavy atom. The maximum Gasteiger partial charge on any atom is 0.328 e. The lowest BCUT2D eigenvalue weighted by Gasteiger charge is -2.25. The van der Waals surface area contributed by atoms with Crippen LogP contribution in [0, 0.1) is 6.92 Å². The molecule has 3 heterocycles. The van der Waals surface area contributed by atoms with Crippen LogP contribution in [0.2, 0.25) is 5.15 Å². The van der Waals surface area contributed by atoms with Crippen LogP contribution in [0.15, 0.2) is 59.6 Å². The van der Waals surface area contributed by atoms with E-state index in [1.54, 1.807) is 58.2 Å². The van der Waals surface area contributed by atoms with Crippen LogP contribution in [-0.2, 0) is 19.4 Å². The summed E-state index contributed by atoms with van der Waals surface area (Å²) in [6, 6.07) is 12.7. The van der Waals surface area contributed by atoms with E-state index in [1.165, 1.54) is 7.11 Å². The number of ether oxygens (including phenoxy) is 1. The van der Waals surface area contributed by atoms with Crippen LogP contribution in [0.4, 0.5) is 5.82 Å². The van der Waals surface area contributed by atoms with Crippen LogP contribution in [0.3, 0.4) is 0 Å². The minimum Gasteiger partial charge on any atom is -0.467 e. The number of halogens is 1. The van der Waals surface area contributed by atoms with Gasteiger partial charge in [-0.3, -0.25) is 0 Å². The fourth-order valence-electron chi connectivity index (χ4n) is 3.84. The second-order valence-electron chi connectivity index (χ2n) is 7.30. The molecule has 0 saturated carbocycles. The van der Waals surface area contributed by atoms with Gasteiger partial charge in [0, 0.05) is 24.9 Å². The van der Waals surface area contributed by atoms with E-state index < -0.39 is 27.1 Å². The van der Waals surface area contributed by atoms with Crippen molar-refractivity contribution in [2.45, 2.75) is 29.5 Å². The van der Waals surface area contributed by atoms with E-state index in [9.17, 15) is 13.2 Å². The van der Waals surface area contributed by atoms with Gasteiger partial charge in [0.25, 0.3) is 0 Å². The van der Waals surface area contributed by atoms with Crippen molar-refractivity contribution < 1.29 is 17.9 Å². The minimum atomic E-state index is -3.64. The molecule has 3 aromatic rings. The Hall–Kier alpha value is -2.91. The summed E-state index contributed by atoms with van der Waals surface area (Å²) in [6.07, 6.45) is 1.67. The molecule has 2 aromatic heterocycles. The van der Waals surface area contributed by atoms with E-state index in [0.717, 1.165) is 0 Å². The van der Waals surface area contributed by atoms with Crippen LogP contribution in [0.25, 0.3) is 5.69 Å². The van der Waals surface area contributed by atoms with Crippen molar-refractivity contribution in [2.75, 3.05) is 18.6 Å². The molecule has 8 nitrogen and oxygen atoms in total. The van der Waals surface area contributed by atoms with E-state index in [-0.39, 0.29) is 17.9 Å². The first-order valence-corrected chi connectivity index (χ1v) is 11.6. The number of aryl methyl sites for hydroxylation is 1. The van der Waals surface area contributed by atoms with Gasteiger partial charge >= 0.3 is 5.97 Å². The number of nitrogens with zero attached hydrogens (tertiary/aromatic N) is 4. The number of pyridine rings is 1. The van der Waals surface area contributed by atoms with Crippen LogP contribution in [0.5, 0.6) is 0 Å². The van der Waals surface area contributed by atoms with E-state index in [2.05, 4.69) is 10.1 Å². The summed E-state index contributed by atoms with van der Waals surface area (Å²) in [6.45, 7) is 1.95. The van der Waals surface area contributed by atoms with Crippen LogP contribution < -0.4 is 4.90 Å². The first-order chi connectivity index (χ1) is 14.8. The Morgan fingerprint density at radius 1 is 1.19 bits per heavy atom. The van der Waals surface area contributed by atoms with Gasteiger partial charge in [0.05, 0.1) is 28.6 Å². The number of anilines is 1. The smallest absolute Gasteiger partial charge is 0.328 e. The van der Waals surface area contributed by atoms with Gasteiger partial charge in [-0.15, -0.1) is 0 Å². The fourth-order valence-corrected chi connectivity index (χ4v) is 5.72. The Kier molecular flexibility index (Phi) is 5.72. The number of carbonyl (C=O) groups excluding carboxylic acids is 1. The summed E-state index contributed by atoms with van der Waals surface area (Å²) in [7, 11) is -2.35. The zero-order valence-corrected chi connectivity index (χ0v) is 18.5. The zero-order chi connectivity index (χ0) is 22.2. The normalized spacial score (nSPS) is 18.9. The number of rotatable bonds is 5. The molecule has 4 rings (SSSR count). The van der Waals surface area contributed by atoms with Gasteiger partial charge in [0.2, 0.25) is 0 Å². The van der Waals surface area contributed by atoms with Gasteiger partial charge in [0.15, 0.2) is 9.84 Å². The SMILES string of the molecule is COC(=O)[C@@H]1C[C@@H](S(=O)(=O)c2ccccc2)CN1c1cc(C)nn1-c1ccnc(Cl)c1. The summed E-state index contributed by atoms with van der Waals surface area (Å²) in [5, 5.41) is 4.04. The Labute approximate surface area is 185 Å². The summed E-state index contributed by atoms with van der Waals surface area (Å²) >= 11 is 6.05. The average molecular weight is 461 g/mol. The minimum absolute atomic E-state index is 0.116. The molecule has 0 radical (unpaired) electrons. The van der Waals surface area contributed by atoms with Gasteiger partial charge in [0.1, 0.15) is 17.0 Å². The first kappa shape index (κ1) is 21.3. The van der Waals surface area contributed by atoms with E-state index in [4.69, 9.17) is 16.3 Å². The quantitative estimate of drug-likeness (QED) is 0.426. The lowest BCUT2D eigenvalue weighted by atomic mass is 10.2. The molecule has 0 aliphatic carbocycles. The maximum absolute atomic E-state index is 13.2. The van der Waals surface area contributed by atoms with Crippen molar-refractivity contribution in [1.82, 2.24) is 14.8 Å². The molecule has 10 heteroatoms. The van der Waals surface area contributed by atoms with Crippen molar-refractivity contribution in [3.05, 3.63) is 65.6 Å². The molecule has 1 aliphatic heterocycles. The third kappa shape index (κ3) is 4.03. The van der Waals surface area contributed by atoms with Crippen LogP contribution in [-0.4, -0.2) is 54.1 Å². The number of methoxy groups -OCH3 is 1. The highest BCUT2D eigenvalue weighted by atomic mass is 35.5. The van der Waals surface area contributed by atoms with E-state index >= 15 is 0 Å².